The summed E-state index contributed by atoms with van der Waals surface area (Å²) in [5, 5.41) is 0.861. The molecular formula is C14H11Cl2NO2. The van der Waals surface area contributed by atoms with Crippen molar-refractivity contribution in [3.05, 3.63) is 57.8 Å². The highest BCUT2D eigenvalue weighted by molar-refractivity contribution is 6.30. The molecule has 0 N–H and O–H groups in total. The maximum atomic E-state index is 12.2. The van der Waals surface area contributed by atoms with E-state index in [9.17, 15) is 4.79 Å². The van der Waals surface area contributed by atoms with Crippen LogP contribution in [-0.4, -0.2) is 17.9 Å². The molecular weight excluding hydrogens is 285 g/mol. The van der Waals surface area contributed by atoms with Gasteiger partial charge in [-0.2, -0.15) is 0 Å². The molecule has 5 heteroatoms. The van der Waals surface area contributed by atoms with E-state index in [2.05, 4.69) is 4.98 Å². The summed E-state index contributed by atoms with van der Waals surface area (Å²) in [6, 6.07) is 8.36. The van der Waals surface area contributed by atoms with Crippen LogP contribution in [-0.2, 0) is 6.42 Å². The van der Waals surface area contributed by atoms with E-state index in [1.165, 1.54) is 6.20 Å². The molecule has 0 aliphatic carbocycles. The molecule has 3 nitrogen and oxygen atoms in total. The van der Waals surface area contributed by atoms with Crippen LogP contribution in [0.2, 0.25) is 10.2 Å². The van der Waals surface area contributed by atoms with Crippen LogP contribution in [0.3, 0.4) is 0 Å². The molecule has 0 saturated carbocycles. The number of ketones is 1. The van der Waals surface area contributed by atoms with E-state index in [-0.39, 0.29) is 12.2 Å². The van der Waals surface area contributed by atoms with Crippen LogP contribution in [0.25, 0.3) is 0 Å². The Balaban J connectivity index is 2.26. The Labute approximate surface area is 121 Å². The molecule has 0 amide bonds. The minimum atomic E-state index is -0.0649. The van der Waals surface area contributed by atoms with Crippen molar-refractivity contribution in [3.63, 3.8) is 0 Å². The summed E-state index contributed by atoms with van der Waals surface area (Å²) in [4.78, 5) is 16.0. The molecule has 0 atom stereocenters. The van der Waals surface area contributed by atoms with Crippen LogP contribution < -0.4 is 4.74 Å². The third-order valence-electron chi connectivity index (χ3n) is 2.64. The zero-order valence-electron chi connectivity index (χ0n) is 10.2. The van der Waals surface area contributed by atoms with Crippen molar-refractivity contribution in [2.75, 3.05) is 7.11 Å². The second-order valence-corrected chi connectivity index (χ2v) is 4.75. The van der Waals surface area contributed by atoms with Crippen molar-refractivity contribution in [1.29, 1.82) is 0 Å². The second-order valence-electron chi connectivity index (χ2n) is 3.92. The highest BCUT2D eigenvalue weighted by Crippen LogP contribution is 2.24. The van der Waals surface area contributed by atoms with Crippen LogP contribution in [0.1, 0.15) is 15.9 Å². The first kappa shape index (κ1) is 13.8. The topological polar surface area (TPSA) is 39.2 Å². The van der Waals surface area contributed by atoms with Gasteiger partial charge < -0.3 is 4.74 Å². The summed E-state index contributed by atoms with van der Waals surface area (Å²) in [6.07, 6.45) is 1.70. The largest absolute Gasteiger partial charge is 0.496 e. The van der Waals surface area contributed by atoms with Gasteiger partial charge in [-0.1, -0.05) is 23.2 Å². The Morgan fingerprint density at radius 3 is 2.74 bits per heavy atom. The van der Waals surface area contributed by atoms with Gasteiger partial charge in [0, 0.05) is 28.8 Å². The fraction of sp³-hybridized carbons (Fsp3) is 0.143. The van der Waals surface area contributed by atoms with E-state index < -0.39 is 0 Å². The lowest BCUT2D eigenvalue weighted by Gasteiger charge is -2.08. The minimum absolute atomic E-state index is 0.0649. The Morgan fingerprint density at radius 1 is 1.26 bits per heavy atom. The number of methoxy groups -OCH3 is 1. The fourth-order valence-electron chi connectivity index (χ4n) is 1.74. The number of hydrogen-bond acceptors (Lipinski definition) is 3. The monoisotopic (exact) mass is 295 g/mol. The molecule has 19 heavy (non-hydrogen) atoms. The molecule has 2 rings (SSSR count). The number of benzene rings is 1. The molecule has 1 aromatic carbocycles. The van der Waals surface area contributed by atoms with Gasteiger partial charge in [-0.05, 0) is 30.3 Å². The average molecular weight is 296 g/mol. The highest BCUT2D eigenvalue weighted by atomic mass is 35.5. The standard InChI is InChI=1S/C14H11Cl2NO2/c1-19-13-3-2-11(15)6-10(13)7-12(18)9-4-5-17-14(16)8-9/h2-6,8H,7H2,1H3. The van der Waals surface area contributed by atoms with Gasteiger partial charge in [0.15, 0.2) is 5.78 Å². The normalized spacial score (nSPS) is 10.3. The third kappa shape index (κ3) is 3.46. The lowest BCUT2D eigenvalue weighted by atomic mass is 10.0. The summed E-state index contributed by atoms with van der Waals surface area (Å²) >= 11 is 11.7. The summed E-state index contributed by atoms with van der Waals surface area (Å²) in [5.74, 6) is 0.572. The predicted molar refractivity (Wildman–Crippen MR) is 75.3 cm³/mol. The van der Waals surface area contributed by atoms with Crippen LogP contribution >= 0.6 is 23.2 Å². The number of Topliss-reactive ketones (excluding diaryl/α,β-unsaturated/α-hetero) is 1. The van der Waals surface area contributed by atoms with Crippen LogP contribution in [0.15, 0.2) is 36.5 Å². The zero-order valence-corrected chi connectivity index (χ0v) is 11.7. The van der Waals surface area contributed by atoms with Crippen molar-refractivity contribution >= 4 is 29.0 Å². The number of rotatable bonds is 4. The first-order valence-corrected chi connectivity index (χ1v) is 6.33. The SMILES string of the molecule is COc1ccc(Cl)cc1CC(=O)c1ccnc(Cl)c1. The summed E-state index contributed by atoms with van der Waals surface area (Å²) in [7, 11) is 1.56. The summed E-state index contributed by atoms with van der Waals surface area (Å²) < 4.78 is 5.21. The van der Waals surface area contributed by atoms with Gasteiger partial charge in [-0.15, -0.1) is 0 Å². The van der Waals surface area contributed by atoms with Gasteiger partial charge in [0.25, 0.3) is 0 Å². The highest BCUT2D eigenvalue weighted by Gasteiger charge is 2.12. The molecule has 1 aromatic heterocycles. The summed E-state index contributed by atoms with van der Waals surface area (Å²) in [6.45, 7) is 0. The van der Waals surface area contributed by atoms with E-state index >= 15 is 0 Å². The first-order chi connectivity index (χ1) is 9.10. The molecule has 0 unspecified atom stereocenters. The number of halogens is 2. The maximum Gasteiger partial charge on any atom is 0.167 e. The van der Waals surface area contributed by atoms with Crippen molar-refractivity contribution < 1.29 is 9.53 Å². The van der Waals surface area contributed by atoms with Gasteiger partial charge in [-0.25, -0.2) is 4.98 Å². The molecule has 1 heterocycles. The number of hydrogen-bond donors (Lipinski definition) is 0. The first-order valence-electron chi connectivity index (χ1n) is 5.57. The molecule has 0 bridgehead atoms. The lowest BCUT2D eigenvalue weighted by molar-refractivity contribution is 0.0992. The fourth-order valence-corrected chi connectivity index (χ4v) is 2.10. The van der Waals surface area contributed by atoms with Crippen LogP contribution in [0.4, 0.5) is 0 Å². The summed E-state index contributed by atoms with van der Waals surface area (Å²) in [5.41, 5.74) is 1.26. The molecule has 0 aliphatic heterocycles. The lowest BCUT2D eigenvalue weighted by Crippen LogP contribution is -2.05. The van der Waals surface area contributed by atoms with E-state index in [0.717, 1.165) is 5.56 Å². The third-order valence-corrected chi connectivity index (χ3v) is 3.08. The number of aromatic nitrogens is 1. The van der Waals surface area contributed by atoms with E-state index in [1.807, 2.05) is 0 Å². The minimum Gasteiger partial charge on any atom is -0.496 e. The number of carbonyl (C=O) groups is 1. The Bertz CT molecular complexity index is 614. The molecule has 0 saturated heterocycles. The number of carbonyl (C=O) groups excluding carboxylic acids is 1. The number of ether oxygens (including phenoxy) is 1. The number of nitrogens with zero attached hydrogens (tertiary/aromatic N) is 1. The van der Waals surface area contributed by atoms with Gasteiger partial charge >= 0.3 is 0 Å². The predicted octanol–water partition coefficient (Wildman–Crippen LogP) is 3.82. The molecule has 0 spiro atoms. The molecule has 98 valence electrons. The van der Waals surface area contributed by atoms with Crippen molar-refractivity contribution in [2.45, 2.75) is 6.42 Å². The second kappa shape index (κ2) is 6.04. The van der Waals surface area contributed by atoms with Crippen LogP contribution in [0, 0.1) is 0 Å². The molecule has 0 radical (unpaired) electrons. The zero-order chi connectivity index (χ0) is 13.8. The van der Waals surface area contributed by atoms with Gasteiger partial charge in [-0.3, -0.25) is 4.79 Å². The van der Waals surface area contributed by atoms with Crippen LogP contribution in [0.5, 0.6) is 5.75 Å². The average Bonchev–Trinajstić information content (AvgIpc) is 2.39. The van der Waals surface area contributed by atoms with Crippen molar-refractivity contribution in [1.82, 2.24) is 4.98 Å². The van der Waals surface area contributed by atoms with Crippen molar-refractivity contribution in [3.8, 4) is 5.75 Å². The quantitative estimate of drug-likeness (QED) is 0.636. The molecule has 0 fully saturated rings. The van der Waals surface area contributed by atoms with Gasteiger partial charge in [0.05, 0.1) is 7.11 Å². The molecule has 2 aromatic rings. The van der Waals surface area contributed by atoms with Gasteiger partial charge in [0.2, 0.25) is 0 Å². The van der Waals surface area contributed by atoms with E-state index in [4.69, 9.17) is 27.9 Å². The Morgan fingerprint density at radius 2 is 2.05 bits per heavy atom. The Hall–Kier alpha value is -1.58. The smallest absolute Gasteiger partial charge is 0.167 e. The van der Waals surface area contributed by atoms with E-state index in [1.54, 1.807) is 37.4 Å². The van der Waals surface area contributed by atoms with Gasteiger partial charge in [0.1, 0.15) is 10.9 Å². The Kier molecular flexibility index (Phi) is 4.40. The maximum absolute atomic E-state index is 12.2. The van der Waals surface area contributed by atoms with Crippen molar-refractivity contribution in [2.24, 2.45) is 0 Å². The van der Waals surface area contributed by atoms with E-state index in [0.29, 0.717) is 21.5 Å². The molecule has 0 aliphatic rings. The number of pyridine rings is 1.